The second-order valence-corrected chi connectivity index (χ2v) is 10.0. The molecule has 1 aliphatic heterocycles. The van der Waals surface area contributed by atoms with Crippen molar-refractivity contribution in [3.63, 3.8) is 0 Å². The molecule has 0 radical (unpaired) electrons. The van der Waals surface area contributed by atoms with E-state index in [4.69, 9.17) is 27.0 Å². The number of hydrogen-bond acceptors (Lipinski definition) is 11. The molecule has 0 bridgehead atoms. The number of primary amides is 1. The third kappa shape index (κ3) is 6.89. The molecule has 1 fully saturated rings. The van der Waals surface area contributed by atoms with Crippen molar-refractivity contribution >= 4 is 28.9 Å². The molecule has 1 aromatic carbocycles. The van der Waals surface area contributed by atoms with E-state index in [1.54, 1.807) is 18.2 Å². The first kappa shape index (κ1) is 29.3. The smallest absolute Gasteiger partial charge is 0.320 e. The first-order chi connectivity index (χ1) is 19.2. The zero-order chi connectivity index (χ0) is 28.8. The van der Waals surface area contributed by atoms with E-state index < -0.39 is 42.5 Å². The van der Waals surface area contributed by atoms with E-state index in [9.17, 15) is 19.8 Å². The maximum atomic E-state index is 11.5. The number of nitrogens with two attached hydrogens (primary N) is 3. The number of hydrogen-bond donors (Lipinski definition) is 6. The number of unbranched alkanes of at least 4 members (excludes halogenated alkanes) is 1. The molecule has 2 aromatic heterocycles. The number of carboxylic acid groups (broad SMARTS) is 1. The summed E-state index contributed by atoms with van der Waals surface area (Å²) in [5, 5.41) is 30.8. The molecule has 4 rings (SSSR count). The Hall–Kier alpha value is -3.69. The van der Waals surface area contributed by atoms with Crippen molar-refractivity contribution in [1.82, 2.24) is 24.4 Å². The molecule has 0 aliphatic carbocycles. The number of amides is 1. The van der Waals surface area contributed by atoms with E-state index in [2.05, 4.69) is 19.9 Å². The highest BCUT2D eigenvalue weighted by atomic mass is 16.6. The molecular weight excluding hydrogens is 520 g/mol. The van der Waals surface area contributed by atoms with Crippen LogP contribution < -0.4 is 17.2 Å². The second-order valence-electron chi connectivity index (χ2n) is 10.0. The van der Waals surface area contributed by atoms with Gasteiger partial charge in [0.2, 0.25) is 5.91 Å². The lowest BCUT2D eigenvalue weighted by Gasteiger charge is -2.27. The van der Waals surface area contributed by atoms with Crippen LogP contribution in [0.2, 0.25) is 0 Å². The Kier molecular flexibility index (Phi) is 9.60. The van der Waals surface area contributed by atoms with Gasteiger partial charge in [-0.15, -0.1) is 0 Å². The zero-order valence-electron chi connectivity index (χ0n) is 22.0. The van der Waals surface area contributed by atoms with Gasteiger partial charge in [-0.25, -0.2) is 15.0 Å². The fourth-order valence-electron chi connectivity index (χ4n) is 4.92. The molecular formula is C26H36N8O6. The van der Waals surface area contributed by atoms with Crippen LogP contribution in [0.3, 0.4) is 0 Å². The van der Waals surface area contributed by atoms with Crippen LogP contribution in [0, 0.1) is 0 Å². The molecule has 1 aliphatic rings. The van der Waals surface area contributed by atoms with Gasteiger partial charge in [0.05, 0.1) is 6.33 Å². The van der Waals surface area contributed by atoms with Crippen LogP contribution in [-0.2, 0) is 16.0 Å². The summed E-state index contributed by atoms with van der Waals surface area (Å²) in [5.41, 5.74) is 19.2. The van der Waals surface area contributed by atoms with Gasteiger partial charge in [-0.1, -0.05) is 12.1 Å². The van der Waals surface area contributed by atoms with Crippen molar-refractivity contribution in [2.45, 2.75) is 62.7 Å². The number of ether oxygens (including phenoxy) is 1. The van der Waals surface area contributed by atoms with Gasteiger partial charge in [0.15, 0.2) is 17.7 Å². The minimum atomic E-state index is -1.24. The van der Waals surface area contributed by atoms with Gasteiger partial charge in [0.1, 0.15) is 36.2 Å². The number of aliphatic hydroxyl groups excluding tert-OH is 2. The molecule has 0 unspecified atom stereocenters. The number of nitrogens with zero attached hydrogens (tertiary/aromatic N) is 5. The van der Waals surface area contributed by atoms with Gasteiger partial charge >= 0.3 is 5.97 Å². The van der Waals surface area contributed by atoms with Crippen LogP contribution in [0.1, 0.15) is 47.8 Å². The summed E-state index contributed by atoms with van der Waals surface area (Å²) in [6.07, 6.45) is 1.86. The first-order valence-corrected chi connectivity index (χ1v) is 13.2. The number of anilines is 1. The van der Waals surface area contributed by atoms with Crippen molar-refractivity contribution in [1.29, 1.82) is 0 Å². The SMILES string of the molecule is NC(=O)c1cccc(CCCCN(CCC[C@H](N)C(=O)O)C[C@H]2O[C@@H](n3cnc4c(N)ncnc43)[C@H](O)[C@@H]2O)c1. The second kappa shape index (κ2) is 13.1. The van der Waals surface area contributed by atoms with Gasteiger partial charge in [0, 0.05) is 12.1 Å². The normalized spacial score (nSPS) is 21.7. The zero-order valence-corrected chi connectivity index (χ0v) is 22.0. The Labute approximate surface area is 230 Å². The van der Waals surface area contributed by atoms with E-state index in [0.717, 1.165) is 24.8 Å². The molecule has 0 saturated carbocycles. The Bertz CT molecular complexity index is 1320. The lowest BCUT2D eigenvalue weighted by atomic mass is 10.0. The van der Waals surface area contributed by atoms with Crippen LogP contribution in [-0.4, -0.2) is 95.6 Å². The number of aromatic nitrogens is 4. The van der Waals surface area contributed by atoms with E-state index in [0.29, 0.717) is 49.2 Å². The Morgan fingerprint density at radius 2 is 1.88 bits per heavy atom. The van der Waals surface area contributed by atoms with Crippen molar-refractivity contribution in [3.05, 3.63) is 48.0 Å². The number of carbonyl (C=O) groups is 2. The maximum absolute atomic E-state index is 11.5. The van der Waals surface area contributed by atoms with E-state index in [1.807, 2.05) is 6.07 Å². The summed E-state index contributed by atoms with van der Waals surface area (Å²) in [7, 11) is 0. The highest BCUT2D eigenvalue weighted by Crippen LogP contribution is 2.32. The molecule has 40 heavy (non-hydrogen) atoms. The number of imidazole rings is 1. The monoisotopic (exact) mass is 556 g/mol. The number of carbonyl (C=O) groups excluding carboxylic acids is 1. The topological polar surface area (TPSA) is 229 Å². The Balaban J connectivity index is 1.39. The summed E-state index contributed by atoms with van der Waals surface area (Å²) < 4.78 is 7.63. The third-order valence-electron chi connectivity index (χ3n) is 7.14. The van der Waals surface area contributed by atoms with Gasteiger partial charge in [-0.3, -0.25) is 14.2 Å². The number of nitrogen functional groups attached to an aromatic ring is 1. The first-order valence-electron chi connectivity index (χ1n) is 13.2. The molecule has 14 heteroatoms. The fraction of sp³-hybridized carbons (Fsp3) is 0.500. The summed E-state index contributed by atoms with van der Waals surface area (Å²) in [5.74, 6) is -1.33. The number of aliphatic carboxylic acids is 1. The number of benzene rings is 1. The fourth-order valence-corrected chi connectivity index (χ4v) is 4.92. The molecule has 1 saturated heterocycles. The number of rotatable bonds is 14. The number of fused-ring (bicyclic) bond motifs is 1. The molecule has 3 aromatic rings. The van der Waals surface area contributed by atoms with Gasteiger partial charge < -0.3 is 42.2 Å². The van der Waals surface area contributed by atoms with Crippen LogP contribution in [0.15, 0.2) is 36.9 Å². The Morgan fingerprint density at radius 3 is 2.62 bits per heavy atom. The summed E-state index contributed by atoms with van der Waals surface area (Å²) >= 11 is 0. The van der Waals surface area contributed by atoms with Crippen molar-refractivity contribution in [2.24, 2.45) is 11.5 Å². The predicted octanol–water partition coefficient (Wildman–Crippen LogP) is -0.356. The lowest BCUT2D eigenvalue weighted by molar-refractivity contribution is -0.138. The number of carboxylic acids is 1. The lowest BCUT2D eigenvalue weighted by Crippen LogP contribution is -2.41. The van der Waals surface area contributed by atoms with Crippen molar-refractivity contribution < 1.29 is 29.6 Å². The van der Waals surface area contributed by atoms with Crippen molar-refractivity contribution in [3.8, 4) is 0 Å². The largest absolute Gasteiger partial charge is 0.480 e. The highest BCUT2D eigenvalue weighted by molar-refractivity contribution is 5.92. The molecule has 3 heterocycles. The van der Waals surface area contributed by atoms with Crippen LogP contribution >= 0.6 is 0 Å². The van der Waals surface area contributed by atoms with Crippen LogP contribution in [0.4, 0.5) is 5.82 Å². The van der Waals surface area contributed by atoms with Gasteiger partial charge in [0.25, 0.3) is 0 Å². The molecule has 0 spiro atoms. The number of aryl methyl sites for hydroxylation is 1. The molecule has 216 valence electrons. The predicted molar refractivity (Wildman–Crippen MR) is 145 cm³/mol. The highest BCUT2D eigenvalue weighted by Gasteiger charge is 2.44. The van der Waals surface area contributed by atoms with E-state index in [1.165, 1.54) is 17.2 Å². The average Bonchev–Trinajstić information content (AvgIpc) is 3.48. The summed E-state index contributed by atoms with van der Waals surface area (Å²) in [6, 6.07) is 6.26. The van der Waals surface area contributed by atoms with Gasteiger partial charge in [-0.05, 0) is 62.9 Å². The molecule has 14 nitrogen and oxygen atoms in total. The molecule has 9 N–H and O–H groups in total. The summed E-state index contributed by atoms with van der Waals surface area (Å²) in [6.45, 7) is 1.48. The van der Waals surface area contributed by atoms with Crippen LogP contribution in [0.5, 0.6) is 0 Å². The average molecular weight is 557 g/mol. The van der Waals surface area contributed by atoms with Crippen LogP contribution in [0.25, 0.3) is 11.2 Å². The molecule has 5 atom stereocenters. The maximum Gasteiger partial charge on any atom is 0.320 e. The quantitative estimate of drug-likeness (QED) is 0.140. The Morgan fingerprint density at radius 1 is 1.10 bits per heavy atom. The third-order valence-corrected chi connectivity index (χ3v) is 7.14. The van der Waals surface area contributed by atoms with Gasteiger partial charge in [-0.2, -0.15) is 0 Å². The van der Waals surface area contributed by atoms with E-state index in [-0.39, 0.29) is 5.82 Å². The van der Waals surface area contributed by atoms with E-state index >= 15 is 0 Å². The standard InChI is InChI=1S/C26H36N8O6/c27-17(26(38)39)8-4-10-33(9-2-1-5-15-6-3-7-16(11-15)23(29)37)12-18-20(35)21(36)25(40-18)34-14-32-19-22(28)30-13-31-24(19)34/h3,6-7,11,13-14,17-18,20-21,25,35-36H,1-2,4-5,8-10,12,27H2,(H2,29,37)(H,38,39)(H2,28,30,31)/t17-,18+,20+,21+,25+/m0/s1. The van der Waals surface area contributed by atoms with Crippen molar-refractivity contribution in [2.75, 3.05) is 25.4 Å². The summed E-state index contributed by atoms with van der Waals surface area (Å²) in [4.78, 5) is 37.0. The minimum absolute atomic E-state index is 0.195. The minimum Gasteiger partial charge on any atom is -0.480 e. The number of aliphatic hydroxyl groups is 2. The molecule has 1 amide bonds.